The van der Waals surface area contributed by atoms with Gasteiger partial charge < -0.3 is 9.64 Å². The zero-order valence-corrected chi connectivity index (χ0v) is 21.9. The largest absolute Gasteiger partial charge is 0.478 e. The van der Waals surface area contributed by atoms with Crippen molar-refractivity contribution in [2.24, 2.45) is 0 Å². The van der Waals surface area contributed by atoms with Crippen molar-refractivity contribution < 1.29 is 28.8 Å². The highest BCUT2D eigenvalue weighted by Gasteiger charge is 2.44. The Morgan fingerprint density at radius 1 is 0.975 bits per heavy atom. The van der Waals surface area contributed by atoms with E-state index in [4.69, 9.17) is 4.74 Å². The summed E-state index contributed by atoms with van der Waals surface area (Å²) in [5.74, 6) is -1.63. The van der Waals surface area contributed by atoms with Crippen LogP contribution >= 0.6 is 0 Å². The molecule has 210 valence electrons. The van der Waals surface area contributed by atoms with Gasteiger partial charge in [-0.15, -0.1) is 0 Å². The summed E-state index contributed by atoms with van der Waals surface area (Å²) in [4.78, 5) is 69.5. The Hall–Kier alpha value is -4.39. The van der Waals surface area contributed by atoms with Crippen LogP contribution in [-0.2, 0) is 9.59 Å². The van der Waals surface area contributed by atoms with Gasteiger partial charge in [-0.25, -0.2) is 4.98 Å². The molecule has 13 nitrogen and oxygen atoms in total. The number of piperazine rings is 1. The van der Waals surface area contributed by atoms with Crippen molar-refractivity contribution in [1.29, 1.82) is 0 Å². The minimum atomic E-state index is -0.970. The molecule has 0 saturated carbocycles. The van der Waals surface area contributed by atoms with Crippen molar-refractivity contribution in [1.82, 2.24) is 20.1 Å². The summed E-state index contributed by atoms with van der Waals surface area (Å²) in [6.07, 6.45) is 4.27. The Balaban J connectivity index is 1.05. The number of piperidine rings is 1. The van der Waals surface area contributed by atoms with Gasteiger partial charge in [0.2, 0.25) is 17.7 Å². The van der Waals surface area contributed by atoms with Crippen LogP contribution in [0.2, 0.25) is 0 Å². The summed E-state index contributed by atoms with van der Waals surface area (Å²) < 4.78 is 5.56. The second-order valence-electron chi connectivity index (χ2n) is 10.0. The zero-order valence-electron chi connectivity index (χ0n) is 21.9. The molecule has 3 aliphatic rings. The SMILES string of the molecule is O=C1CCC(N2C(=O)c3ccc(N4CCN(CCCCCOc5ccc([N+](=O)[O-])cn5)CC4)cc3C2=O)C(=O)N1. The van der Waals surface area contributed by atoms with E-state index < -0.39 is 34.6 Å². The number of aromatic nitrogens is 1. The van der Waals surface area contributed by atoms with Crippen molar-refractivity contribution >= 4 is 35.0 Å². The first kappa shape index (κ1) is 27.2. The topological polar surface area (TPSA) is 155 Å². The Kier molecular flexibility index (Phi) is 8.01. The van der Waals surface area contributed by atoms with E-state index in [9.17, 15) is 29.3 Å². The van der Waals surface area contributed by atoms with Crippen LogP contribution in [0.1, 0.15) is 52.8 Å². The van der Waals surface area contributed by atoms with Crippen molar-refractivity contribution in [3.05, 3.63) is 57.8 Å². The van der Waals surface area contributed by atoms with Gasteiger partial charge in [0, 0.05) is 50.4 Å². The minimum absolute atomic E-state index is 0.0661. The highest BCUT2D eigenvalue weighted by atomic mass is 16.6. The maximum Gasteiger partial charge on any atom is 0.287 e. The van der Waals surface area contributed by atoms with Gasteiger partial charge in [-0.3, -0.25) is 44.4 Å². The van der Waals surface area contributed by atoms with Crippen LogP contribution in [0.3, 0.4) is 0 Å². The molecule has 0 aliphatic carbocycles. The predicted octanol–water partition coefficient (Wildman–Crippen LogP) is 1.76. The molecule has 4 heterocycles. The molecule has 1 aromatic heterocycles. The van der Waals surface area contributed by atoms with Crippen LogP contribution in [0.4, 0.5) is 11.4 Å². The summed E-state index contributed by atoms with van der Waals surface area (Å²) in [6.45, 7) is 4.77. The molecule has 0 radical (unpaired) electrons. The third-order valence-corrected chi connectivity index (χ3v) is 7.46. The van der Waals surface area contributed by atoms with Gasteiger partial charge in [-0.05, 0) is 50.4 Å². The number of anilines is 1. The van der Waals surface area contributed by atoms with Crippen molar-refractivity contribution in [2.75, 3.05) is 44.2 Å². The summed E-state index contributed by atoms with van der Waals surface area (Å²) in [7, 11) is 0. The van der Waals surface area contributed by atoms with Gasteiger partial charge in [0.05, 0.1) is 22.7 Å². The number of nitro groups is 1. The van der Waals surface area contributed by atoms with E-state index in [0.29, 0.717) is 18.1 Å². The number of hydrogen-bond donors (Lipinski definition) is 1. The molecule has 13 heteroatoms. The molecule has 2 fully saturated rings. The maximum atomic E-state index is 13.1. The number of rotatable bonds is 10. The van der Waals surface area contributed by atoms with Crippen LogP contribution in [0.15, 0.2) is 36.5 Å². The van der Waals surface area contributed by atoms with E-state index in [1.165, 1.54) is 18.3 Å². The van der Waals surface area contributed by atoms with Gasteiger partial charge >= 0.3 is 0 Å². The van der Waals surface area contributed by atoms with Crippen LogP contribution in [0, 0.1) is 10.1 Å². The van der Waals surface area contributed by atoms with E-state index in [1.54, 1.807) is 12.1 Å². The first-order chi connectivity index (χ1) is 19.3. The van der Waals surface area contributed by atoms with Gasteiger partial charge in [-0.2, -0.15) is 0 Å². The number of nitrogens with zero attached hydrogens (tertiary/aromatic N) is 5. The van der Waals surface area contributed by atoms with Crippen LogP contribution in [-0.4, -0.2) is 88.7 Å². The first-order valence-electron chi connectivity index (χ1n) is 13.4. The molecule has 40 heavy (non-hydrogen) atoms. The average Bonchev–Trinajstić information content (AvgIpc) is 3.20. The van der Waals surface area contributed by atoms with Gasteiger partial charge in [0.1, 0.15) is 12.2 Å². The molecule has 2 aromatic rings. The van der Waals surface area contributed by atoms with Gasteiger partial charge in [-0.1, -0.05) is 0 Å². The summed E-state index contributed by atoms with van der Waals surface area (Å²) in [5.41, 5.74) is 1.37. The molecule has 3 aliphatic heterocycles. The van der Waals surface area contributed by atoms with E-state index in [0.717, 1.165) is 62.6 Å². The molecular weight excluding hydrogens is 520 g/mol. The smallest absolute Gasteiger partial charge is 0.287 e. The third kappa shape index (κ3) is 5.78. The number of unbranched alkanes of at least 4 members (excludes halogenated alkanes) is 2. The van der Waals surface area contributed by atoms with Crippen LogP contribution < -0.4 is 15.0 Å². The van der Waals surface area contributed by atoms with E-state index in [1.807, 2.05) is 6.07 Å². The van der Waals surface area contributed by atoms with Gasteiger partial charge in [0.15, 0.2) is 0 Å². The monoisotopic (exact) mass is 550 g/mol. The molecule has 1 N–H and O–H groups in total. The molecule has 1 unspecified atom stereocenters. The molecule has 1 aromatic carbocycles. The normalized spacial score (nSPS) is 19.6. The number of ether oxygens (including phenoxy) is 1. The summed E-state index contributed by atoms with van der Waals surface area (Å²) >= 11 is 0. The number of pyridine rings is 1. The standard InChI is InChI=1S/C27H30N6O7/c34-23-8-7-22(25(35)29-23)32-26(36)20-6-4-18(16-21(20)27(32)37)31-13-11-30(12-14-31)10-2-1-3-15-40-24-9-5-19(17-28-24)33(38)39/h4-6,9,16-17,22H,1-3,7-8,10-15H2,(H,29,34,35). The quantitative estimate of drug-likeness (QED) is 0.200. The molecule has 4 amide bonds. The molecule has 5 rings (SSSR count). The lowest BCUT2D eigenvalue weighted by molar-refractivity contribution is -0.385. The lowest BCUT2D eigenvalue weighted by Gasteiger charge is -2.36. The molecule has 1 atom stereocenters. The van der Waals surface area contributed by atoms with Crippen molar-refractivity contribution in [2.45, 2.75) is 38.1 Å². The maximum absolute atomic E-state index is 13.1. The number of nitrogens with one attached hydrogen (secondary N) is 1. The number of carbonyl (C=O) groups is 4. The second-order valence-corrected chi connectivity index (χ2v) is 10.0. The Bertz CT molecular complexity index is 1320. The molecule has 2 saturated heterocycles. The fraction of sp³-hybridized carbons (Fsp3) is 0.444. The Labute approximate surface area is 230 Å². The number of hydrogen-bond acceptors (Lipinski definition) is 10. The number of fused-ring (bicyclic) bond motifs is 1. The minimum Gasteiger partial charge on any atom is -0.478 e. The van der Waals surface area contributed by atoms with E-state index in [2.05, 4.69) is 20.1 Å². The fourth-order valence-electron chi connectivity index (χ4n) is 5.24. The molecular formula is C27H30N6O7. The zero-order chi connectivity index (χ0) is 28.2. The Morgan fingerprint density at radius 2 is 1.75 bits per heavy atom. The highest BCUT2D eigenvalue weighted by molar-refractivity contribution is 6.23. The van der Waals surface area contributed by atoms with E-state index >= 15 is 0 Å². The average molecular weight is 551 g/mol. The number of benzene rings is 1. The van der Waals surface area contributed by atoms with Crippen molar-refractivity contribution in [3.63, 3.8) is 0 Å². The predicted molar refractivity (Wildman–Crippen MR) is 142 cm³/mol. The number of imide groups is 2. The number of amides is 4. The molecule has 0 bridgehead atoms. The first-order valence-corrected chi connectivity index (χ1v) is 13.4. The van der Waals surface area contributed by atoms with Gasteiger partial charge in [0.25, 0.3) is 17.5 Å². The fourth-order valence-corrected chi connectivity index (χ4v) is 5.24. The summed E-state index contributed by atoms with van der Waals surface area (Å²) in [5, 5.41) is 12.9. The second kappa shape index (κ2) is 11.8. The Morgan fingerprint density at radius 3 is 2.45 bits per heavy atom. The lowest BCUT2D eigenvalue weighted by atomic mass is 10.0. The molecule has 0 spiro atoms. The summed E-state index contributed by atoms with van der Waals surface area (Å²) in [6, 6.07) is 7.13. The lowest BCUT2D eigenvalue weighted by Crippen LogP contribution is -2.54. The van der Waals surface area contributed by atoms with Crippen molar-refractivity contribution in [3.8, 4) is 5.88 Å². The van der Waals surface area contributed by atoms with Crippen LogP contribution in [0.25, 0.3) is 0 Å². The highest BCUT2D eigenvalue weighted by Crippen LogP contribution is 2.31. The van der Waals surface area contributed by atoms with E-state index in [-0.39, 0.29) is 24.1 Å². The third-order valence-electron chi connectivity index (χ3n) is 7.46. The number of carbonyl (C=O) groups excluding carboxylic acids is 4. The van der Waals surface area contributed by atoms with Crippen LogP contribution in [0.5, 0.6) is 5.88 Å².